The fraction of sp³-hybridized carbons (Fsp3) is 0.488. The summed E-state index contributed by atoms with van der Waals surface area (Å²) in [5.74, 6) is -2.28. The minimum absolute atomic E-state index is 0.0142. The third-order valence-electron chi connectivity index (χ3n) is 10.7. The van der Waals surface area contributed by atoms with Crippen LogP contribution in [-0.4, -0.2) is 85.7 Å². The van der Waals surface area contributed by atoms with Gasteiger partial charge in [0, 0.05) is 35.8 Å². The van der Waals surface area contributed by atoms with Gasteiger partial charge in [0.1, 0.15) is 17.8 Å². The largest absolute Gasteiger partial charge is 0.483 e. The molecule has 1 fully saturated rings. The van der Waals surface area contributed by atoms with Crippen LogP contribution in [0.4, 0.5) is 0 Å². The minimum atomic E-state index is -1.24. The topological polar surface area (TPSA) is 208 Å². The zero-order valence-corrected chi connectivity index (χ0v) is 33.0. The molecule has 4 aromatic rings. The molecule has 7 N–H and O–H groups in total. The van der Waals surface area contributed by atoms with Gasteiger partial charge in [-0.25, -0.2) is 4.98 Å². The SMILES string of the molecule is CC(C)[C@H](C[C@H](O)[C@H](CC1CCCCC1)NC(=O)[C@H](Cc1cnc[nH]1)NC(=O)COc1cccc2ccccc12)C(=O)N[C@H](C(=O)NCc1ccccn1)C(C)O. The Kier molecular flexibility index (Phi) is 16.0. The van der Waals surface area contributed by atoms with Gasteiger partial charge in [-0.15, -0.1) is 0 Å². The number of pyridine rings is 1. The van der Waals surface area contributed by atoms with E-state index in [0.29, 0.717) is 23.6 Å². The second kappa shape index (κ2) is 21.3. The summed E-state index contributed by atoms with van der Waals surface area (Å²) in [6, 6.07) is 15.6. The number of aromatic amines is 1. The van der Waals surface area contributed by atoms with Gasteiger partial charge < -0.3 is 41.2 Å². The van der Waals surface area contributed by atoms with Gasteiger partial charge in [0.05, 0.1) is 36.8 Å². The number of ether oxygens (including phenoxy) is 1. The average Bonchev–Trinajstić information content (AvgIpc) is 3.73. The van der Waals surface area contributed by atoms with E-state index >= 15 is 0 Å². The molecule has 1 saturated carbocycles. The molecule has 5 rings (SSSR count). The lowest BCUT2D eigenvalue weighted by atomic mass is 9.81. The average molecular weight is 784 g/mol. The van der Waals surface area contributed by atoms with Gasteiger partial charge in [-0.1, -0.05) is 88.4 Å². The molecule has 1 unspecified atom stereocenters. The number of aromatic nitrogens is 3. The van der Waals surface area contributed by atoms with Crippen LogP contribution in [0.2, 0.25) is 0 Å². The van der Waals surface area contributed by atoms with E-state index in [1.54, 1.807) is 36.7 Å². The van der Waals surface area contributed by atoms with Crippen molar-refractivity contribution in [1.29, 1.82) is 0 Å². The first kappa shape index (κ1) is 42.8. The number of carbonyl (C=O) groups excluding carboxylic acids is 4. The third kappa shape index (κ3) is 12.8. The molecule has 0 radical (unpaired) electrons. The molecule has 1 aliphatic rings. The van der Waals surface area contributed by atoms with Crippen molar-refractivity contribution in [2.45, 2.75) is 109 Å². The standard InChI is InChI=1S/C43H57N7O7/c1-27(2)34(41(54)50-40(28(3)51)43(56)46-24-31-16-9-10-19-45-31)22-37(52)35(20-29-12-5-4-6-13-29)49-42(55)36(21-32-23-44-26-47-32)48-39(53)25-57-38-18-11-15-30-14-7-8-17-33(30)38/h7-11,14-19,23,26-29,34-37,40,51-52H,4-6,12-13,20-22,24-25H2,1-3H3,(H,44,47)(H,46,56)(H,48,53)(H,49,55)(H,50,54)/t28?,34-,35-,36-,37-,40-/m0/s1. The highest BCUT2D eigenvalue weighted by Crippen LogP contribution is 2.30. The van der Waals surface area contributed by atoms with Crippen molar-refractivity contribution in [2.75, 3.05) is 6.61 Å². The number of hydrogen-bond acceptors (Lipinski definition) is 9. The van der Waals surface area contributed by atoms with E-state index in [9.17, 15) is 29.4 Å². The van der Waals surface area contributed by atoms with Crippen molar-refractivity contribution < 1.29 is 34.1 Å². The first-order valence-corrected chi connectivity index (χ1v) is 20.0. The van der Waals surface area contributed by atoms with Crippen molar-refractivity contribution >= 4 is 34.4 Å². The monoisotopic (exact) mass is 783 g/mol. The minimum Gasteiger partial charge on any atom is -0.483 e. The van der Waals surface area contributed by atoms with Crippen LogP contribution in [0.25, 0.3) is 10.8 Å². The molecule has 0 bridgehead atoms. The van der Waals surface area contributed by atoms with Gasteiger partial charge in [0.15, 0.2) is 6.61 Å². The van der Waals surface area contributed by atoms with Gasteiger partial charge in [0.25, 0.3) is 5.91 Å². The molecular formula is C43H57N7O7. The highest BCUT2D eigenvalue weighted by molar-refractivity contribution is 5.91. The summed E-state index contributed by atoms with van der Waals surface area (Å²) in [5.41, 5.74) is 1.25. The Balaban J connectivity index is 1.28. The van der Waals surface area contributed by atoms with Crippen molar-refractivity contribution in [3.05, 3.63) is 90.8 Å². The molecule has 1 aliphatic carbocycles. The number of fused-ring (bicyclic) bond motifs is 1. The number of aliphatic hydroxyl groups is 2. The van der Waals surface area contributed by atoms with E-state index in [1.165, 1.54) is 13.3 Å². The van der Waals surface area contributed by atoms with Gasteiger partial charge >= 0.3 is 0 Å². The number of amides is 4. The molecule has 2 heterocycles. The quantitative estimate of drug-likeness (QED) is 0.0696. The number of nitrogens with zero attached hydrogens (tertiary/aromatic N) is 2. The lowest BCUT2D eigenvalue weighted by Gasteiger charge is -2.34. The molecule has 0 spiro atoms. The molecule has 14 nitrogen and oxygen atoms in total. The van der Waals surface area contributed by atoms with Crippen molar-refractivity contribution in [2.24, 2.45) is 17.8 Å². The van der Waals surface area contributed by atoms with Crippen LogP contribution < -0.4 is 26.0 Å². The van der Waals surface area contributed by atoms with E-state index in [1.807, 2.05) is 50.2 Å². The summed E-state index contributed by atoms with van der Waals surface area (Å²) in [4.78, 5) is 65.7. The predicted octanol–water partition coefficient (Wildman–Crippen LogP) is 3.72. The second-order valence-electron chi connectivity index (χ2n) is 15.4. The number of rotatable bonds is 20. The van der Waals surface area contributed by atoms with Crippen molar-refractivity contribution in [3.8, 4) is 5.75 Å². The first-order valence-electron chi connectivity index (χ1n) is 20.0. The molecule has 2 aromatic heterocycles. The van der Waals surface area contributed by atoms with Gasteiger partial charge in [-0.3, -0.25) is 24.2 Å². The second-order valence-corrected chi connectivity index (χ2v) is 15.4. The van der Waals surface area contributed by atoms with E-state index in [-0.39, 0.29) is 37.8 Å². The van der Waals surface area contributed by atoms with Crippen LogP contribution in [0, 0.1) is 17.8 Å². The summed E-state index contributed by atoms with van der Waals surface area (Å²) in [7, 11) is 0. The summed E-state index contributed by atoms with van der Waals surface area (Å²) in [5, 5.41) is 35.5. The number of H-pyrrole nitrogens is 1. The Hall–Kier alpha value is -5.34. The van der Waals surface area contributed by atoms with Crippen LogP contribution >= 0.6 is 0 Å². The number of hydrogen-bond donors (Lipinski definition) is 7. The molecule has 306 valence electrons. The van der Waals surface area contributed by atoms with Gasteiger partial charge in [-0.05, 0) is 55.2 Å². The summed E-state index contributed by atoms with van der Waals surface area (Å²) in [6.07, 6.45) is 8.07. The van der Waals surface area contributed by atoms with Crippen LogP contribution in [0.5, 0.6) is 5.75 Å². The Morgan fingerprint density at radius 2 is 1.63 bits per heavy atom. The molecule has 14 heteroatoms. The molecule has 4 amide bonds. The lowest BCUT2D eigenvalue weighted by molar-refractivity contribution is -0.135. The van der Waals surface area contributed by atoms with Crippen LogP contribution in [0.3, 0.4) is 0 Å². The number of nitrogens with one attached hydrogen (secondary N) is 5. The lowest BCUT2D eigenvalue weighted by Crippen LogP contribution is -2.56. The van der Waals surface area contributed by atoms with E-state index in [2.05, 4.69) is 36.2 Å². The number of imidazole rings is 1. The number of carbonyl (C=O) groups is 4. The van der Waals surface area contributed by atoms with E-state index < -0.39 is 59.9 Å². The maximum absolute atomic E-state index is 14.2. The molecule has 6 atom stereocenters. The zero-order valence-electron chi connectivity index (χ0n) is 33.0. The Bertz CT molecular complexity index is 1880. The molecule has 0 aliphatic heterocycles. The van der Waals surface area contributed by atoms with Gasteiger partial charge in [-0.2, -0.15) is 0 Å². The van der Waals surface area contributed by atoms with E-state index in [0.717, 1.165) is 42.9 Å². The van der Waals surface area contributed by atoms with Crippen molar-refractivity contribution in [3.63, 3.8) is 0 Å². The summed E-state index contributed by atoms with van der Waals surface area (Å²) in [6.45, 7) is 4.91. The fourth-order valence-electron chi connectivity index (χ4n) is 7.47. The molecular weight excluding hydrogens is 727 g/mol. The molecule has 0 saturated heterocycles. The van der Waals surface area contributed by atoms with E-state index in [4.69, 9.17) is 4.74 Å². The fourth-order valence-corrected chi connectivity index (χ4v) is 7.47. The maximum atomic E-state index is 14.2. The zero-order chi connectivity index (χ0) is 40.7. The summed E-state index contributed by atoms with van der Waals surface area (Å²) < 4.78 is 5.91. The normalized spacial score (nSPS) is 16.5. The third-order valence-corrected chi connectivity index (χ3v) is 10.7. The highest BCUT2D eigenvalue weighted by Gasteiger charge is 2.36. The van der Waals surface area contributed by atoms with Crippen LogP contribution in [0.1, 0.15) is 77.1 Å². The predicted molar refractivity (Wildman–Crippen MR) is 215 cm³/mol. The number of aliphatic hydroxyl groups excluding tert-OH is 2. The van der Waals surface area contributed by atoms with Crippen LogP contribution in [0.15, 0.2) is 79.4 Å². The Morgan fingerprint density at radius 3 is 2.33 bits per heavy atom. The number of benzene rings is 2. The summed E-state index contributed by atoms with van der Waals surface area (Å²) >= 11 is 0. The Labute approximate surface area is 334 Å². The maximum Gasteiger partial charge on any atom is 0.258 e. The highest BCUT2D eigenvalue weighted by atomic mass is 16.5. The van der Waals surface area contributed by atoms with Gasteiger partial charge in [0.2, 0.25) is 17.7 Å². The first-order chi connectivity index (χ1) is 27.5. The van der Waals surface area contributed by atoms with Crippen molar-refractivity contribution in [1.82, 2.24) is 36.2 Å². The van der Waals surface area contributed by atoms with Crippen LogP contribution in [-0.2, 0) is 32.1 Å². The smallest absolute Gasteiger partial charge is 0.258 e. The molecule has 2 aromatic carbocycles. The molecule has 57 heavy (non-hydrogen) atoms. The Morgan fingerprint density at radius 1 is 0.877 bits per heavy atom.